The highest BCUT2D eigenvalue weighted by Crippen LogP contribution is 2.27. The summed E-state index contributed by atoms with van der Waals surface area (Å²) in [6.45, 7) is 32.4. The predicted molar refractivity (Wildman–Crippen MR) is 425 cm³/mol. The molecular weight excluding hydrogens is 1210 g/mol. The monoisotopic (exact) mass is 1320 g/mol. The summed E-state index contributed by atoms with van der Waals surface area (Å²) in [4.78, 5) is 25.4. The van der Waals surface area contributed by atoms with Gasteiger partial charge in [0.15, 0.2) is 0 Å². The zero-order valence-electron chi connectivity index (χ0n) is 61.8. The number of aromatic amines is 3. The topological polar surface area (TPSA) is 103 Å². The summed E-state index contributed by atoms with van der Waals surface area (Å²) in [7, 11) is 0. The molecule has 2 fully saturated rings. The van der Waals surface area contributed by atoms with Gasteiger partial charge in [0.2, 0.25) is 0 Å². The van der Waals surface area contributed by atoms with E-state index in [2.05, 4.69) is 273 Å². The number of benzene rings is 9. The molecule has 3 N–H and O–H groups in total. The summed E-state index contributed by atoms with van der Waals surface area (Å²) in [5, 5.41) is 4.11. The van der Waals surface area contributed by atoms with Gasteiger partial charge in [-0.05, 0) is 157 Å². The van der Waals surface area contributed by atoms with Gasteiger partial charge in [-0.15, -0.1) is 0 Å². The van der Waals surface area contributed by atoms with E-state index in [0.29, 0.717) is 5.92 Å². The van der Waals surface area contributed by atoms with E-state index in [9.17, 15) is 0 Å². The Labute approximate surface area is 593 Å². The average Bonchev–Trinajstić information content (AvgIpc) is 1.31. The molecule has 16 rings (SSSR count). The van der Waals surface area contributed by atoms with Crippen LogP contribution in [0.2, 0.25) is 0 Å². The van der Waals surface area contributed by atoms with Crippen LogP contribution in [0.1, 0.15) is 163 Å². The summed E-state index contributed by atoms with van der Waals surface area (Å²) in [5.74, 6) is 6.51. The lowest BCUT2D eigenvalue weighted by atomic mass is 9.88. The van der Waals surface area contributed by atoms with Crippen molar-refractivity contribution in [2.24, 2.45) is 17.8 Å². The van der Waals surface area contributed by atoms with Crippen LogP contribution in [-0.2, 0) is 43.4 Å². The van der Waals surface area contributed by atoms with Gasteiger partial charge in [0.05, 0.1) is 46.3 Å². The van der Waals surface area contributed by atoms with E-state index in [1.807, 2.05) is 73.7 Å². The third-order valence-corrected chi connectivity index (χ3v) is 18.7. The van der Waals surface area contributed by atoms with Gasteiger partial charge in [-0.2, -0.15) is 0 Å². The fraction of sp³-hybridized carbons (Fsp3) is 0.367. The molecule has 9 nitrogen and oxygen atoms in total. The SMILES string of the molecule is CC(C)CN1CCOCC1.CC(C)c1ccccc1.CC1Cc2ccccc2C1.CCC1CCCCC1.CCc1c(C)[nH]c2ccccc12.CCc1cccc2ccccc12.CCc1nc2ccccc2[nH]1.Cc1nc2ccccc2[nH]1.Cc1nc2ccccc2n1Cc1ccccc1. The molecule has 0 unspecified atom stereocenters. The number of para-hydroxylation sites is 7. The van der Waals surface area contributed by atoms with Crippen LogP contribution in [0.3, 0.4) is 0 Å². The quantitative estimate of drug-likeness (QED) is 0.134. The third-order valence-electron chi connectivity index (χ3n) is 18.7. The first-order chi connectivity index (χ1) is 48.2. The molecule has 0 atom stereocenters. The fourth-order valence-electron chi connectivity index (χ4n) is 13.3. The maximum absolute atomic E-state index is 5.24. The van der Waals surface area contributed by atoms with Gasteiger partial charge in [0.25, 0.3) is 0 Å². The van der Waals surface area contributed by atoms with Crippen molar-refractivity contribution in [1.29, 1.82) is 0 Å². The summed E-state index contributed by atoms with van der Waals surface area (Å²) in [6, 6.07) is 77.6. The molecule has 0 spiro atoms. The van der Waals surface area contributed by atoms with E-state index in [1.54, 1.807) is 11.1 Å². The number of hydrogen-bond donors (Lipinski definition) is 3. The second-order valence-corrected chi connectivity index (χ2v) is 27.3. The minimum absolute atomic E-state index is 0.659. The van der Waals surface area contributed by atoms with E-state index in [4.69, 9.17) is 4.74 Å². The van der Waals surface area contributed by atoms with Crippen LogP contribution in [0, 0.1) is 38.5 Å². The third kappa shape index (κ3) is 24.2. The molecule has 9 heteroatoms. The number of nitrogens with zero attached hydrogens (tertiary/aromatic N) is 5. The highest BCUT2D eigenvalue weighted by atomic mass is 16.5. The number of morpholine rings is 1. The Morgan fingerprint density at radius 3 is 1.62 bits per heavy atom. The van der Waals surface area contributed by atoms with Gasteiger partial charge >= 0.3 is 0 Å². The molecule has 4 aromatic heterocycles. The molecule has 0 bridgehead atoms. The average molecular weight is 1320 g/mol. The number of imidazole rings is 3. The molecule has 5 heterocycles. The number of aryl methyl sites for hydroxylation is 6. The fourth-order valence-corrected chi connectivity index (χ4v) is 13.3. The molecule has 2 aliphatic carbocycles. The Balaban J connectivity index is 0.000000143. The molecule has 3 aliphatic rings. The first kappa shape index (κ1) is 75.9. The summed E-state index contributed by atoms with van der Waals surface area (Å²) < 4.78 is 7.49. The highest BCUT2D eigenvalue weighted by Gasteiger charge is 2.16. The first-order valence-electron chi connectivity index (χ1n) is 37.0. The zero-order chi connectivity index (χ0) is 70.1. The van der Waals surface area contributed by atoms with E-state index in [1.165, 1.54) is 113 Å². The maximum Gasteiger partial charge on any atom is 0.107 e. The Bertz CT molecular complexity index is 4270. The van der Waals surface area contributed by atoms with E-state index < -0.39 is 0 Å². The molecule has 520 valence electrons. The van der Waals surface area contributed by atoms with Crippen molar-refractivity contribution in [1.82, 2.24) is 39.4 Å². The summed E-state index contributed by atoms with van der Waals surface area (Å²) >= 11 is 0. The second kappa shape index (κ2) is 40.9. The van der Waals surface area contributed by atoms with Crippen molar-refractivity contribution in [3.63, 3.8) is 0 Å². The smallest absolute Gasteiger partial charge is 0.107 e. The largest absolute Gasteiger partial charge is 0.379 e. The normalized spacial score (nSPS) is 13.5. The van der Waals surface area contributed by atoms with Gasteiger partial charge in [-0.1, -0.05) is 283 Å². The van der Waals surface area contributed by atoms with Crippen molar-refractivity contribution in [3.8, 4) is 0 Å². The first-order valence-corrected chi connectivity index (χ1v) is 37.0. The molecule has 1 aliphatic heterocycles. The van der Waals surface area contributed by atoms with E-state index in [-0.39, 0.29) is 0 Å². The van der Waals surface area contributed by atoms with Gasteiger partial charge in [0, 0.05) is 49.2 Å². The van der Waals surface area contributed by atoms with Crippen LogP contribution >= 0.6 is 0 Å². The van der Waals surface area contributed by atoms with Crippen LogP contribution in [0.25, 0.3) is 54.8 Å². The molecule has 13 aromatic rings. The molecule has 0 amide bonds. The summed E-state index contributed by atoms with van der Waals surface area (Å²) in [5.41, 5.74) is 17.9. The van der Waals surface area contributed by atoms with Crippen LogP contribution in [0.4, 0.5) is 0 Å². The van der Waals surface area contributed by atoms with Gasteiger partial charge in [0.1, 0.15) is 17.5 Å². The number of rotatable bonds is 9. The van der Waals surface area contributed by atoms with Crippen LogP contribution in [-0.4, -0.2) is 72.2 Å². The predicted octanol–water partition coefficient (Wildman–Crippen LogP) is 23.0. The van der Waals surface area contributed by atoms with Crippen LogP contribution in [0.5, 0.6) is 0 Å². The van der Waals surface area contributed by atoms with Crippen molar-refractivity contribution in [2.75, 3.05) is 32.8 Å². The maximum atomic E-state index is 5.24. The Morgan fingerprint density at radius 1 is 0.495 bits per heavy atom. The number of hydrogen-bond acceptors (Lipinski definition) is 5. The molecule has 1 saturated carbocycles. The molecule has 9 aromatic carbocycles. The molecular formula is C90H114N8O. The van der Waals surface area contributed by atoms with Crippen molar-refractivity contribution >= 4 is 54.8 Å². The van der Waals surface area contributed by atoms with Gasteiger partial charge in [-0.25, -0.2) is 15.0 Å². The van der Waals surface area contributed by atoms with Crippen molar-refractivity contribution in [3.05, 3.63) is 281 Å². The number of nitrogens with one attached hydrogen (secondary N) is 3. The van der Waals surface area contributed by atoms with E-state index in [0.717, 1.165) is 115 Å². The second-order valence-electron chi connectivity index (χ2n) is 27.3. The lowest BCUT2D eigenvalue weighted by molar-refractivity contribution is 0.0329. The minimum atomic E-state index is 0.659. The Morgan fingerprint density at radius 2 is 1.04 bits per heavy atom. The number of fused-ring (bicyclic) bond motifs is 6. The highest BCUT2D eigenvalue weighted by molar-refractivity contribution is 5.86. The molecule has 1 saturated heterocycles. The number of H-pyrrole nitrogens is 3. The number of aromatic nitrogens is 7. The Kier molecular flexibility index (Phi) is 31.3. The van der Waals surface area contributed by atoms with Crippen LogP contribution in [0.15, 0.2) is 224 Å². The van der Waals surface area contributed by atoms with Crippen molar-refractivity contribution in [2.45, 2.75) is 166 Å². The summed E-state index contributed by atoms with van der Waals surface area (Å²) in [6.07, 6.45) is 14.7. The zero-order valence-corrected chi connectivity index (χ0v) is 61.8. The van der Waals surface area contributed by atoms with Gasteiger partial charge in [-0.3, -0.25) is 4.90 Å². The minimum Gasteiger partial charge on any atom is -0.379 e. The number of ether oxygens (including phenoxy) is 1. The lowest BCUT2D eigenvalue weighted by Crippen LogP contribution is -2.38. The van der Waals surface area contributed by atoms with Crippen molar-refractivity contribution < 1.29 is 4.74 Å². The molecule has 99 heavy (non-hydrogen) atoms. The lowest BCUT2D eigenvalue weighted by Gasteiger charge is -2.27. The Hall–Kier alpha value is -8.89. The van der Waals surface area contributed by atoms with Crippen LogP contribution < -0.4 is 0 Å². The molecule has 0 radical (unpaired) electrons. The van der Waals surface area contributed by atoms with E-state index >= 15 is 0 Å². The standard InChI is InChI=1S/C15H14N2.C12H12.C11H13N.C10H12.C9H10N2.C9H12.C8H8N2.C8H17NO.C8H16/c1-12-16-14-9-5-6-10-15(14)17(12)11-13-7-3-2-4-8-13;1-2-10-7-5-8-11-6-3-4-9-12(10)11;1-3-9-8(2)12-11-7-5-4-6-10(9)11;1-8-6-9-4-2-3-5-10(9)7-8;1-2-9-10-7-5-3-4-6-8(7)11-9;1-8(2)9-6-4-3-5-7-9;1-6-9-7-4-2-3-5-8(7)10-6;1-8(2)7-9-3-5-10-6-4-9;1-2-8-6-4-3-5-7-8/h2-10H,11H2,1H3;3-9H,2H2,1H3;4-7,12H,3H2,1-2H3;2-5,8H,6-7H2,1H3;3-6H,2H2,1H3,(H,10,11);3-8H,1-2H3;2-5H,1H3,(H,9,10);8H,3-7H2,1-2H3;8H,2-7H2,1H3. The van der Waals surface area contributed by atoms with Gasteiger partial charge < -0.3 is 24.3 Å².